The van der Waals surface area contributed by atoms with E-state index < -0.39 is 24.1 Å². The van der Waals surface area contributed by atoms with Crippen LogP contribution in [0.5, 0.6) is 5.75 Å². The Morgan fingerprint density at radius 2 is 1.92 bits per heavy atom. The number of amides is 1. The van der Waals surface area contributed by atoms with Crippen LogP contribution in [0.3, 0.4) is 0 Å². The molecule has 0 fully saturated rings. The van der Waals surface area contributed by atoms with Gasteiger partial charge in [-0.25, -0.2) is 9.37 Å². The van der Waals surface area contributed by atoms with E-state index in [0.717, 1.165) is 12.4 Å². The second kappa shape index (κ2) is 8.16. The van der Waals surface area contributed by atoms with Crippen molar-refractivity contribution in [1.29, 1.82) is 0 Å². The maximum absolute atomic E-state index is 15.1. The molecule has 6 rings (SSSR count). The number of pyridine rings is 1. The van der Waals surface area contributed by atoms with Crippen molar-refractivity contribution >= 4 is 33.5 Å². The maximum atomic E-state index is 15.1. The minimum Gasteiger partial charge on any atom is -0.491 e. The van der Waals surface area contributed by atoms with Crippen LogP contribution in [-0.4, -0.2) is 49.0 Å². The van der Waals surface area contributed by atoms with Gasteiger partial charge in [-0.1, -0.05) is 12.1 Å². The Kier molecular flexibility index (Phi) is 5.09. The third kappa shape index (κ3) is 3.61. The third-order valence-corrected chi connectivity index (χ3v) is 6.76. The summed E-state index contributed by atoms with van der Waals surface area (Å²) in [6, 6.07) is 6.98. The van der Waals surface area contributed by atoms with Gasteiger partial charge in [0.25, 0.3) is 5.91 Å². The van der Waals surface area contributed by atoms with Crippen LogP contribution in [0.2, 0.25) is 0 Å². The highest BCUT2D eigenvalue weighted by Crippen LogP contribution is 2.39. The molecule has 0 bridgehead atoms. The van der Waals surface area contributed by atoms with Gasteiger partial charge >= 0.3 is 6.30 Å². The predicted molar refractivity (Wildman–Crippen MR) is 130 cm³/mol. The largest absolute Gasteiger partial charge is 0.504 e. The number of benzene rings is 2. The normalized spacial score (nSPS) is 15.2. The zero-order valence-electron chi connectivity index (χ0n) is 20.0. The number of carbonyl (C=O) groups is 1. The molecule has 1 amide bonds. The van der Waals surface area contributed by atoms with E-state index in [1.165, 1.54) is 24.1 Å². The molecule has 0 saturated heterocycles. The molecule has 194 valence electrons. The van der Waals surface area contributed by atoms with Gasteiger partial charge in [-0.2, -0.15) is 14.9 Å². The summed E-state index contributed by atoms with van der Waals surface area (Å²) in [5.41, 5.74) is 8.15. The van der Waals surface area contributed by atoms with Gasteiger partial charge in [0.1, 0.15) is 24.0 Å². The highest BCUT2D eigenvalue weighted by atomic mass is 19.4. The molecule has 1 aliphatic rings. The van der Waals surface area contributed by atoms with Crippen LogP contribution in [-0.2, 0) is 13.3 Å². The number of ether oxygens (including phenoxy) is 1. The maximum Gasteiger partial charge on any atom is 0.504 e. The van der Waals surface area contributed by atoms with E-state index in [1.54, 1.807) is 36.1 Å². The molecule has 2 aromatic carbocycles. The Morgan fingerprint density at radius 3 is 2.66 bits per heavy atom. The summed E-state index contributed by atoms with van der Waals surface area (Å²) < 4.78 is 61.1. The van der Waals surface area contributed by atoms with Crippen molar-refractivity contribution in [2.75, 3.05) is 19.4 Å². The molecule has 1 aliphatic heterocycles. The summed E-state index contributed by atoms with van der Waals surface area (Å²) >= 11 is 0. The van der Waals surface area contributed by atoms with E-state index in [1.807, 2.05) is 0 Å². The van der Waals surface area contributed by atoms with Gasteiger partial charge < -0.3 is 15.4 Å². The summed E-state index contributed by atoms with van der Waals surface area (Å²) in [6.45, 7) is 0.0993. The Bertz CT molecular complexity index is 1760. The lowest BCUT2D eigenvalue weighted by Crippen LogP contribution is -2.32. The van der Waals surface area contributed by atoms with Crippen LogP contribution in [0.25, 0.3) is 32.9 Å². The summed E-state index contributed by atoms with van der Waals surface area (Å²) in [5.74, 6) is -0.698. The van der Waals surface area contributed by atoms with Crippen LogP contribution in [0.4, 0.5) is 23.4 Å². The number of carbonyl (C=O) groups excluding carboxylic acids is 1. The molecule has 3 aromatic heterocycles. The van der Waals surface area contributed by atoms with Crippen molar-refractivity contribution < 1.29 is 27.1 Å². The lowest BCUT2D eigenvalue weighted by atomic mass is 10.0. The van der Waals surface area contributed by atoms with Gasteiger partial charge in [0.15, 0.2) is 0 Å². The molecule has 13 heteroatoms. The number of anilines is 1. The number of fused-ring (bicyclic) bond motifs is 4. The topological polar surface area (TPSA) is 104 Å². The molecule has 2 N–H and O–H groups in total. The number of nitrogens with zero attached hydrogens (tertiary/aromatic N) is 6. The van der Waals surface area contributed by atoms with Crippen LogP contribution in [0, 0.1) is 5.82 Å². The molecule has 0 unspecified atom stereocenters. The van der Waals surface area contributed by atoms with Crippen LogP contribution < -0.4 is 10.5 Å². The van der Waals surface area contributed by atoms with Crippen LogP contribution in [0.15, 0.2) is 48.9 Å². The molecule has 1 atom stereocenters. The van der Waals surface area contributed by atoms with Crippen molar-refractivity contribution in [2.24, 2.45) is 7.05 Å². The second-order valence-corrected chi connectivity index (χ2v) is 9.01. The fraction of sp³-hybridized carbons (Fsp3) is 0.200. The van der Waals surface area contributed by atoms with Crippen molar-refractivity contribution in [3.63, 3.8) is 0 Å². The smallest absolute Gasteiger partial charge is 0.491 e. The molecule has 0 radical (unpaired) electrons. The molecule has 0 saturated carbocycles. The molecule has 38 heavy (non-hydrogen) atoms. The number of halogens is 4. The minimum absolute atomic E-state index is 0.0765. The van der Waals surface area contributed by atoms with Crippen molar-refractivity contribution in [3.05, 3.63) is 65.9 Å². The van der Waals surface area contributed by atoms with Gasteiger partial charge in [-0.15, -0.1) is 13.2 Å². The SMILES string of the molecule is CN(C(=O)c1cc2c(cc1F)nc(N)c1cnn(C)c12)[C@@H]1COc2cc(-c3cnn(C(F)(F)F)c3)ccc21. The average molecular weight is 525 g/mol. The fourth-order valence-corrected chi connectivity index (χ4v) is 4.78. The van der Waals surface area contributed by atoms with Crippen molar-refractivity contribution in [3.8, 4) is 16.9 Å². The first kappa shape index (κ1) is 23.7. The number of rotatable bonds is 3. The Morgan fingerprint density at radius 1 is 1.13 bits per heavy atom. The van der Waals surface area contributed by atoms with Gasteiger partial charge in [-0.05, 0) is 17.7 Å². The molecule has 5 aromatic rings. The van der Waals surface area contributed by atoms with Gasteiger partial charge in [0.05, 0.1) is 40.4 Å². The van der Waals surface area contributed by atoms with Crippen LogP contribution in [0.1, 0.15) is 22.0 Å². The molecule has 9 nitrogen and oxygen atoms in total. The number of aryl methyl sites for hydroxylation is 1. The quantitative estimate of drug-likeness (QED) is 0.351. The van der Waals surface area contributed by atoms with E-state index >= 15 is 4.39 Å². The molecule has 4 heterocycles. The van der Waals surface area contributed by atoms with Crippen LogP contribution >= 0.6 is 0 Å². The standard InChI is InChI=1S/C25H19F4N7O2/c1-34(20-11-38-21-5-12(3-4-14(20)21)13-8-32-36(10-13)25(27,28)29)24(37)15-6-16-19(7-18(15)26)33-23(30)17-9-31-35(2)22(16)17/h3-10,20H,11H2,1-2H3,(H2,30,33)/t20-/m1/s1. The lowest BCUT2D eigenvalue weighted by Gasteiger charge is -2.24. The number of hydrogen-bond donors (Lipinski definition) is 1. The highest BCUT2D eigenvalue weighted by molar-refractivity contribution is 6.10. The first-order chi connectivity index (χ1) is 18.0. The molecular formula is C25H19F4N7O2. The molecule has 0 spiro atoms. The van der Waals surface area contributed by atoms with E-state index in [9.17, 15) is 18.0 Å². The van der Waals surface area contributed by atoms with E-state index in [4.69, 9.17) is 10.5 Å². The third-order valence-electron chi connectivity index (χ3n) is 6.76. The zero-order chi connectivity index (χ0) is 26.9. The molecular weight excluding hydrogens is 506 g/mol. The lowest BCUT2D eigenvalue weighted by molar-refractivity contribution is -0.212. The number of likely N-dealkylation sites (N-methyl/N-ethyl adjacent to an activating group) is 1. The first-order valence-corrected chi connectivity index (χ1v) is 11.4. The second-order valence-electron chi connectivity index (χ2n) is 9.01. The van der Waals surface area contributed by atoms with Gasteiger partial charge in [-0.3, -0.25) is 9.48 Å². The van der Waals surface area contributed by atoms with Crippen molar-refractivity contribution in [1.82, 2.24) is 29.4 Å². The summed E-state index contributed by atoms with van der Waals surface area (Å²) in [6.07, 6.45) is -1.07. The number of hydrogen-bond acceptors (Lipinski definition) is 6. The number of nitrogen functional groups attached to an aromatic ring is 1. The van der Waals surface area contributed by atoms with Gasteiger partial charge in [0.2, 0.25) is 0 Å². The Balaban J connectivity index is 1.33. The Hall–Kier alpha value is -4.68. The van der Waals surface area contributed by atoms with Crippen molar-refractivity contribution in [2.45, 2.75) is 12.3 Å². The monoisotopic (exact) mass is 525 g/mol. The number of aromatic nitrogens is 5. The first-order valence-electron chi connectivity index (χ1n) is 11.4. The molecule has 0 aliphatic carbocycles. The number of alkyl halides is 3. The zero-order valence-corrected chi connectivity index (χ0v) is 20.0. The summed E-state index contributed by atoms with van der Waals surface area (Å²) in [5, 5.41) is 8.68. The predicted octanol–water partition coefficient (Wildman–Crippen LogP) is 4.39. The Labute approximate surface area is 212 Å². The average Bonchev–Trinajstić information content (AvgIpc) is 3.61. The minimum atomic E-state index is -4.62. The fourth-order valence-electron chi connectivity index (χ4n) is 4.78. The highest BCUT2D eigenvalue weighted by Gasteiger charge is 2.34. The van der Waals surface area contributed by atoms with E-state index in [2.05, 4.69) is 15.2 Å². The van der Waals surface area contributed by atoms with Gasteiger partial charge in [0, 0.05) is 42.9 Å². The summed E-state index contributed by atoms with van der Waals surface area (Å²) in [4.78, 5) is 19.1. The number of nitrogens with two attached hydrogens (primary N) is 1. The summed E-state index contributed by atoms with van der Waals surface area (Å²) in [7, 11) is 3.25. The van der Waals surface area contributed by atoms with E-state index in [-0.39, 0.29) is 28.2 Å². The van der Waals surface area contributed by atoms with E-state index in [0.29, 0.717) is 38.7 Å².